The number of benzene rings is 2. The first-order valence-corrected chi connectivity index (χ1v) is 8.06. The highest BCUT2D eigenvalue weighted by atomic mass is 16.5. The van der Waals surface area contributed by atoms with E-state index in [0.717, 1.165) is 28.7 Å². The third kappa shape index (κ3) is 3.00. The van der Waals surface area contributed by atoms with Crippen molar-refractivity contribution in [1.82, 2.24) is 0 Å². The standard InChI is InChI=1S/C20H20O4/c1-4-13-6-9-17-15(10-13)19(23-5-2)12-18(24-17)14-7-8-16(21)20(11-14)22-3/h6-12H,4-5H2,1-3H3/p+1. The van der Waals surface area contributed by atoms with Crippen molar-refractivity contribution in [3.05, 3.63) is 48.0 Å². The molecule has 124 valence electrons. The van der Waals surface area contributed by atoms with Gasteiger partial charge >= 0.3 is 11.3 Å². The second kappa shape index (κ2) is 6.79. The Labute approximate surface area is 141 Å². The first kappa shape index (κ1) is 16.1. The Hall–Kier alpha value is -2.75. The summed E-state index contributed by atoms with van der Waals surface area (Å²) in [6, 6.07) is 13.1. The van der Waals surface area contributed by atoms with E-state index in [9.17, 15) is 5.11 Å². The predicted molar refractivity (Wildman–Crippen MR) is 94.8 cm³/mol. The summed E-state index contributed by atoms with van der Waals surface area (Å²) in [5, 5.41) is 10.7. The lowest BCUT2D eigenvalue weighted by molar-refractivity contribution is 0.342. The maximum atomic E-state index is 9.77. The molecule has 3 rings (SSSR count). The van der Waals surface area contributed by atoms with Crippen LogP contribution in [0, 0.1) is 0 Å². The summed E-state index contributed by atoms with van der Waals surface area (Å²) >= 11 is 0. The normalized spacial score (nSPS) is 10.8. The van der Waals surface area contributed by atoms with E-state index in [1.54, 1.807) is 18.2 Å². The van der Waals surface area contributed by atoms with E-state index < -0.39 is 0 Å². The van der Waals surface area contributed by atoms with Crippen LogP contribution in [-0.4, -0.2) is 18.8 Å². The van der Waals surface area contributed by atoms with Gasteiger partial charge in [0.05, 0.1) is 25.3 Å². The Morgan fingerprint density at radius 3 is 2.54 bits per heavy atom. The molecule has 2 aromatic carbocycles. The molecule has 4 heteroatoms. The molecule has 0 aliphatic rings. The minimum Gasteiger partial charge on any atom is -0.504 e. The molecule has 3 aromatic rings. The summed E-state index contributed by atoms with van der Waals surface area (Å²) in [4.78, 5) is 0. The maximum absolute atomic E-state index is 9.77. The second-order valence-corrected chi connectivity index (χ2v) is 5.48. The topological polar surface area (TPSA) is 50.0 Å². The van der Waals surface area contributed by atoms with Crippen molar-refractivity contribution in [1.29, 1.82) is 0 Å². The average Bonchev–Trinajstić information content (AvgIpc) is 2.62. The first-order chi connectivity index (χ1) is 11.7. The molecule has 0 amide bonds. The SMILES string of the molecule is CCOc1cc(-c2ccc(O)c(OC)c2)[o+]c2ccc(CC)cc12. The van der Waals surface area contributed by atoms with Crippen LogP contribution in [0.3, 0.4) is 0 Å². The molecule has 1 aromatic heterocycles. The number of aromatic hydroxyl groups is 1. The number of phenolic OH excluding ortho intramolecular Hbond substituents is 1. The fourth-order valence-corrected chi connectivity index (χ4v) is 2.67. The lowest BCUT2D eigenvalue weighted by atomic mass is 10.1. The van der Waals surface area contributed by atoms with E-state index in [1.807, 2.05) is 19.1 Å². The van der Waals surface area contributed by atoms with E-state index >= 15 is 0 Å². The first-order valence-electron chi connectivity index (χ1n) is 8.06. The number of phenols is 1. The molecule has 0 atom stereocenters. The van der Waals surface area contributed by atoms with Gasteiger partial charge in [-0.3, -0.25) is 0 Å². The van der Waals surface area contributed by atoms with Crippen LogP contribution < -0.4 is 9.47 Å². The summed E-state index contributed by atoms with van der Waals surface area (Å²) in [6.07, 6.45) is 0.957. The number of rotatable bonds is 5. The molecule has 0 spiro atoms. The Morgan fingerprint density at radius 2 is 1.83 bits per heavy atom. The van der Waals surface area contributed by atoms with Gasteiger partial charge < -0.3 is 14.6 Å². The lowest BCUT2D eigenvalue weighted by Gasteiger charge is -2.06. The Morgan fingerprint density at radius 1 is 1.00 bits per heavy atom. The summed E-state index contributed by atoms with van der Waals surface area (Å²) in [7, 11) is 1.52. The molecule has 24 heavy (non-hydrogen) atoms. The summed E-state index contributed by atoms with van der Waals surface area (Å²) in [5.74, 6) is 1.95. The van der Waals surface area contributed by atoms with Crippen molar-refractivity contribution >= 4 is 11.0 Å². The van der Waals surface area contributed by atoms with Crippen molar-refractivity contribution in [2.24, 2.45) is 0 Å². The van der Waals surface area contributed by atoms with Crippen LogP contribution in [0.4, 0.5) is 0 Å². The van der Waals surface area contributed by atoms with E-state index in [1.165, 1.54) is 12.7 Å². The summed E-state index contributed by atoms with van der Waals surface area (Å²) in [5.41, 5.74) is 2.81. The third-order valence-corrected chi connectivity index (χ3v) is 3.96. The van der Waals surface area contributed by atoms with Crippen LogP contribution in [0.1, 0.15) is 19.4 Å². The molecule has 1 N–H and O–H groups in total. The minimum absolute atomic E-state index is 0.0969. The van der Waals surface area contributed by atoms with Crippen molar-refractivity contribution in [2.75, 3.05) is 13.7 Å². The molecule has 0 aliphatic heterocycles. The van der Waals surface area contributed by atoms with Crippen molar-refractivity contribution < 1.29 is 19.0 Å². The van der Waals surface area contributed by atoms with E-state index in [0.29, 0.717) is 18.1 Å². The third-order valence-electron chi connectivity index (χ3n) is 3.96. The smallest absolute Gasteiger partial charge is 0.364 e. The van der Waals surface area contributed by atoms with Crippen LogP contribution in [-0.2, 0) is 6.42 Å². The second-order valence-electron chi connectivity index (χ2n) is 5.48. The highest BCUT2D eigenvalue weighted by Gasteiger charge is 2.21. The highest BCUT2D eigenvalue weighted by Crippen LogP contribution is 2.36. The Bertz CT molecular complexity index is 871. The zero-order valence-corrected chi connectivity index (χ0v) is 14.1. The highest BCUT2D eigenvalue weighted by molar-refractivity contribution is 5.86. The van der Waals surface area contributed by atoms with Crippen LogP contribution >= 0.6 is 0 Å². The molecular weight excluding hydrogens is 304 g/mol. The van der Waals surface area contributed by atoms with Crippen LogP contribution in [0.2, 0.25) is 0 Å². The molecule has 4 nitrogen and oxygen atoms in total. The van der Waals surface area contributed by atoms with Crippen molar-refractivity contribution in [3.8, 4) is 28.6 Å². The largest absolute Gasteiger partial charge is 0.504 e. The van der Waals surface area contributed by atoms with Gasteiger partial charge in [0.2, 0.25) is 0 Å². The monoisotopic (exact) mass is 325 g/mol. The van der Waals surface area contributed by atoms with Gasteiger partial charge in [0.15, 0.2) is 11.5 Å². The number of ether oxygens (including phenoxy) is 2. The number of hydrogen-bond acceptors (Lipinski definition) is 3. The molecule has 0 bridgehead atoms. The fourth-order valence-electron chi connectivity index (χ4n) is 2.67. The Balaban J connectivity index is 2.18. The van der Waals surface area contributed by atoms with Gasteiger partial charge in [0.1, 0.15) is 11.1 Å². The van der Waals surface area contributed by atoms with Crippen molar-refractivity contribution in [2.45, 2.75) is 20.3 Å². The van der Waals surface area contributed by atoms with Gasteiger partial charge in [-0.15, -0.1) is 0 Å². The van der Waals surface area contributed by atoms with Gasteiger partial charge in [-0.1, -0.05) is 6.92 Å². The quantitative estimate of drug-likeness (QED) is 0.666. The summed E-state index contributed by atoms with van der Waals surface area (Å²) < 4.78 is 17.1. The van der Waals surface area contributed by atoms with Gasteiger partial charge in [-0.25, -0.2) is 4.42 Å². The number of hydrogen-bond donors (Lipinski definition) is 1. The molecule has 1 heterocycles. The van der Waals surface area contributed by atoms with Crippen LogP contribution in [0.15, 0.2) is 46.9 Å². The molecule has 0 aliphatic carbocycles. The maximum Gasteiger partial charge on any atom is 0.364 e. The van der Waals surface area contributed by atoms with E-state index in [4.69, 9.17) is 13.9 Å². The van der Waals surface area contributed by atoms with Crippen molar-refractivity contribution in [3.63, 3.8) is 0 Å². The number of aryl methyl sites for hydroxylation is 1. The zero-order chi connectivity index (χ0) is 17.1. The number of fused-ring (bicyclic) bond motifs is 1. The van der Waals surface area contributed by atoms with Gasteiger partial charge in [0.25, 0.3) is 0 Å². The van der Waals surface area contributed by atoms with E-state index in [2.05, 4.69) is 19.1 Å². The molecular formula is C20H21O4+. The number of methoxy groups -OCH3 is 1. The molecule has 0 unspecified atom stereocenters. The van der Waals surface area contributed by atoms with Gasteiger partial charge in [-0.2, -0.15) is 0 Å². The summed E-state index contributed by atoms with van der Waals surface area (Å²) in [6.45, 7) is 4.66. The van der Waals surface area contributed by atoms with E-state index in [-0.39, 0.29) is 5.75 Å². The van der Waals surface area contributed by atoms with Crippen LogP contribution in [0.5, 0.6) is 17.2 Å². The zero-order valence-electron chi connectivity index (χ0n) is 14.1. The molecule has 0 radical (unpaired) electrons. The molecule has 0 saturated heterocycles. The molecule has 0 fully saturated rings. The fraction of sp³-hybridized carbons (Fsp3) is 0.250. The van der Waals surface area contributed by atoms with Crippen LogP contribution in [0.25, 0.3) is 22.3 Å². The predicted octanol–water partition coefficient (Wildman–Crippen LogP) is 5.06. The average molecular weight is 325 g/mol. The Kier molecular flexibility index (Phi) is 4.56. The molecule has 0 saturated carbocycles. The van der Waals surface area contributed by atoms with Gasteiger partial charge in [-0.05, 0) is 43.2 Å². The minimum atomic E-state index is 0.0969. The van der Waals surface area contributed by atoms with Gasteiger partial charge in [0, 0.05) is 12.1 Å². The lowest BCUT2D eigenvalue weighted by Crippen LogP contribution is -1.94.